The number of aliphatic hydroxyl groups is 1. The Morgan fingerprint density at radius 2 is 0.426 bits per heavy atom. The van der Waals surface area contributed by atoms with Crippen LogP contribution in [0.4, 0.5) is 0 Å². The summed E-state index contributed by atoms with van der Waals surface area (Å²) in [5.41, 5.74) is 0. The Kier molecular flexibility index (Phi) is 76.4. The molecular weight excluding hydrogens is 1150 g/mol. The molecule has 0 heterocycles. The van der Waals surface area contributed by atoms with Crippen LogP contribution in [0.2, 0.25) is 0 Å². The third-order valence-electron chi connectivity index (χ3n) is 15.8. The highest BCUT2D eigenvalue weighted by Gasteiger charge is 2.16. The van der Waals surface area contributed by atoms with Gasteiger partial charge in [-0.15, -0.1) is 0 Å². The predicted molar refractivity (Wildman–Crippen MR) is 416 cm³/mol. The van der Waals surface area contributed by atoms with E-state index in [9.17, 15) is 14.7 Å². The molecule has 0 spiro atoms. The van der Waals surface area contributed by atoms with Gasteiger partial charge in [-0.2, -0.15) is 0 Å². The first kappa shape index (κ1) is 88.2. The van der Waals surface area contributed by atoms with Crippen molar-refractivity contribution in [2.75, 3.05) is 13.2 Å². The summed E-state index contributed by atoms with van der Waals surface area (Å²) < 4.78 is 10.8. The van der Waals surface area contributed by atoms with Gasteiger partial charge < -0.3 is 14.6 Å². The number of hydrogen-bond donors (Lipinski definition) is 1. The lowest BCUT2D eigenvalue weighted by atomic mass is 10.0. The van der Waals surface area contributed by atoms with Crippen LogP contribution in [-0.2, 0) is 19.1 Å². The monoisotopic (exact) mass is 1290 g/mol. The summed E-state index contributed by atoms with van der Waals surface area (Å²) in [4.78, 5) is 24.7. The summed E-state index contributed by atoms with van der Waals surface area (Å²) in [6.45, 7) is 3.91. The van der Waals surface area contributed by atoms with Crippen molar-refractivity contribution >= 4 is 11.9 Å². The molecule has 0 rings (SSSR count). The number of aliphatic hydroxyl groups excluding tert-OH is 1. The SMILES string of the molecule is CC/C=C\C/C=C\C/C=C\C/C=C\C/C=C\C/C=C\C/C=C\C/C=C\C/C=C\C/C=C\CCCCCCCCCCCCC(=O)OC(CO)COC(=O)CCCCCCCCCCCCCCCC/C=C\C/C=C\C/C=C\C/C=C\C/C=C\C/C=C\C/C=C\C/C=C\CC. The maximum atomic E-state index is 12.4. The Morgan fingerprint density at radius 3 is 0.638 bits per heavy atom. The first-order chi connectivity index (χ1) is 46.6. The fourth-order valence-corrected chi connectivity index (χ4v) is 10.1. The molecule has 526 valence electrons. The lowest BCUT2D eigenvalue weighted by Crippen LogP contribution is -2.28. The van der Waals surface area contributed by atoms with Crippen LogP contribution in [0, 0.1) is 0 Å². The lowest BCUT2D eigenvalue weighted by Gasteiger charge is -2.15. The van der Waals surface area contributed by atoms with Crippen molar-refractivity contribution in [3.63, 3.8) is 0 Å². The summed E-state index contributed by atoms with van der Waals surface area (Å²) in [6.07, 6.45) is 131. The van der Waals surface area contributed by atoms with Gasteiger partial charge in [0.1, 0.15) is 6.61 Å². The third kappa shape index (κ3) is 78.7. The molecule has 0 aliphatic heterocycles. The first-order valence-electron chi connectivity index (χ1n) is 38.3. The number of ether oxygens (including phenoxy) is 2. The zero-order valence-electron chi connectivity index (χ0n) is 60.4. The smallest absolute Gasteiger partial charge is 0.306 e. The molecule has 1 atom stereocenters. The molecule has 0 aliphatic rings. The average molecular weight is 1290 g/mol. The van der Waals surface area contributed by atoms with Crippen LogP contribution in [0.1, 0.15) is 309 Å². The largest absolute Gasteiger partial charge is 0.462 e. The number of esters is 2. The van der Waals surface area contributed by atoms with E-state index in [4.69, 9.17) is 9.47 Å². The van der Waals surface area contributed by atoms with E-state index in [1.807, 2.05) is 0 Å². The summed E-state index contributed by atoms with van der Waals surface area (Å²) in [5.74, 6) is -0.602. The van der Waals surface area contributed by atoms with Crippen LogP contribution in [0.3, 0.4) is 0 Å². The third-order valence-corrected chi connectivity index (χ3v) is 15.8. The summed E-state index contributed by atoms with van der Waals surface area (Å²) in [6, 6.07) is 0. The van der Waals surface area contributed by atoms with Crippen molar-refractivity contribution in [1.82, 2.24) is 0 Å². The van der Waals surface area contributed by atoms with Gasteiger partial charge in [-0.25, -0.2) is 0 Å². The van der Waals surface area contributed by atoms with Crippen molar-refractivity contribution in [3.8, 4) is 0 Å². The van der Waals surface area contributed by atoms with E-state index in [-0.39, 0.29) is 25.2 Å². The molecule has 0 aromatic carbocycles. The fraction of sp³-hybridized carbons (Fsp3) is 0.573. The van der Waals surface area contributed by atoms with Gasteiger partial charge in [0, 0.05) is 12.8 Å². The molecule has 94 heavy (non-hydrogen) atoms. The molecule has 0 radical (unpaired) electrons. The van der Waals surface area contributed by atoms with Gasteiger partial charge in [-0.3, -0.25) is 9.59 Å². The Labute approximate surface area is 580 Å². The molecule has 0 aromatic rings. The van der Waals surface area contributed by atoms with Crippen LogP contribution in [0.5, 0.6) is 0 Å². The predicted octanol–water partition coefficient (Wildman–Crippen LogP) is 27.4. The molecule has 5 nitrogen and oxygen atoms in total. The van der Waals surface area contributed by atoms with E-state index in [2.05, 4.69) is 233 Å². The van der Waals surface area contributed by atoms with Gasteiger partial charge in [-0.1, -0.05) is 361 Å². The van der Waals surface area contributed by atoms with Crippen LogP contribution in [-0.4, -0.2) is 36.4 Å². The molecule has 0 aliphatic carbocycles. The standard InChI is InChI=1S/C89H140O5/c1-3-5-7-9-11-13-15-17-19-21-23-25-27-29-31-33-35-37-39-41-43-44-46-48-50-52-54-56-58-60-62-64-66-68-70-72-74-76-78-80-82-84-89(92)94-87(85-90)86-93-88(91)83-81-79-77-75-73-71-69-67-65-63-61-59-57-55-53-51-49-47-45-42-40-38-36-34-32-30-28-26-24-22-20-18-16-14-12-10-8-6-4-2/h5-8,11-14,17-20,23-26,29-32,35-38,41-43,45-46,48-49,51-52,54,58,60,87,90H,3-4,9-10,15-16,21-22,27-28,33-34,39-40,44,47,50,53,55-57,59,61-86H2,1-2H3/b7-5-,8-6-,13-11-,14-12-,19-17-,20-18-,25-23-,26-24-,31-29-,32-30-,37-35-,38-36-,43-41-,45-42-,48-46-,51-49-,54-52-,60-58-. The van der Waals surface area contributed by atoms with Gasteiger partial charge in [0.25, 0.3) is 0 Å². The van der Waals surface area contributed by atoms with Crippen LogP contribution < -0.4 is 0 Å². The van der Waals surface area contributed by atoms with Crippen LogP contribution in [0.25, 0.3) is 0 Å². The van der Waals surface area contributed by atoms with Crippen molar-refractivity contribution in [2.45, 2.75) is 315 Å². The summed E-state index contributed by atoms with van der Waals surface area (Å²) in [5, 5.41) is 9.73. The van der Waals surface area contributed by atoms with Crippen LogP contribution in [0.15, 0.2) is 219 Å². The molecule has 0 fully saturated rings. The van der Waals surface area contributed by atoms with Gasteiger partial charge in [0.2, 0.25) is 0 Å². The molecule has 0 saturated heterocycles. The number of hydrogen-bond acceptors (Lipinski definition) is 5. The Hall–Kier alpha value is -5.78. The lowest BCUT2D eigenvalue weighted by molar-refractivity contribution is -0.161. The zero-order valence-corrected chi connectivity index (χ0v) is 60.4. The maximum absolute atomic E-state index is 12.4. The van der Waals surface area contributed by atoms with Crippen molar-refractivity contribution in [2.24, 2.45) is 0 Å². The van der Waals surface area contributed by atoms with Crippen molar-refractivity contribution in [1.29, 1.82) is 0 Å². The van der Waals surface area contributed by atoms with Crippen molar-refractivity contribution in [3.05, 3.63) is 219 Å². The molecule has 1 N–H and O–H groups in total. The molecule has 0 saturated carbocycles. The quantitative estimate of drug-likeness (QED) is 0.0373. The molecule has 0 bridgehead atoms. The Balaban J connectivity index is 3.57. The van der Waals surface area contributed by atoms with E-state index in [1.54, 1.807) is 0 Å². The van der Waals surface area contributed by atoms with Gasteiger partial charge in [0.15, 0.2) is 6.10 Å². The van der Waals surface area contributed by atoms with E-state index >= 15 is 0 Å². The molecular formula is C89H140O5. The van der Waals surface area contributed by atoms with E-state index < -0.39 is 6.10 Å². The minimum absolute atomic E-state index is 0.0783. The van der Waals surface area contributed by atoms with Gasteiger partial charge in [-0.05, 0) is 154 Å². The zero-order chi connectivity index (χ0) is 67.5. The minimum Gasteiger partial charge on any atom is -0.462 e. The maximum Gasteiger partial charge on any atom is 0.306 e. The average Bonchev–Trinajstić information content (AvgIpc) is 3.77. The summed E-state index contributed by atoms with van der Waals surface area (Å²) >= 11 is 0. The first-order valence-corrected chi connectivity index (χ1v) is 38.3. The van der Waals surface area contributed by atoms with Gasteiger partial charge in [0.05, 0.1) is 6.61 Å². The second kappa shape index (κ2) is 81.5. The Bertz CT molecular complexity index is 2200. The van der Waals surface area contributed by atoms with Crippen molar-refractivity contribution < 1.29 is 24.2 Å². The number of unbranched alkanes of at least 4 members (excludes halogenated alkanes) is 24. The summed E-state index contributed by atoms with van der Waals surface area (Å²) in [7, 11) is 0. The molecule has 1 unspecified atom stereocenters. The van der Waals surface area contributed by atoms with Gasteiger partial charge >= 0.3 is 11.9 Å². The number of carbonyl (C=O) groups is 2. The van der Waals surface area contributed by atoms with Crippen LogP contribution >= 0.6 is 0 Å². The van der Waals surface area contributed by atoms with E-state index in [1.165, 1.54) is 128 Å². The highest BCUT2D eigenvalue weighted by atomic mass is 16.6. The second-order valence-electron chi connectivity index (χ2n) is 24.6. The molecule has 0 aromatic heterocycles. The topological polar surface area (TPSA) is 72.8 Å². The minimum atomic E-state index is -0.791. The number of carbonyl (C=O) groups excluding carboxylic acids is 2. The molecule has 5 heteroatoms. The number of allylic oxidation sites excluding steroid dienone is 36. The number of rotatable bonds is 68. The Morgan fingerprint density at radius 1 is 0.245 bits per heavy atom. The highest BCUT2D eigenvalue weighted by Crippen LogP contribution is 2.16. The normalized spacial score (nSPS) is 13.5. The molecule has 0 amide bonds. The second-order valence-corrected chi connectivity index (χ2v) is 24.6. The van der Waals surface area contributed by atoms with E-state index in [0.29, 0.717) is 12.8 Å². The fourth-order valence-electron chi connectivity index (χ4n) is 10.1. The van der Waals surface area contributed by atoms with E-state index in [0.717, 1.165) is 154 Å². The highest BCUT2D eigenvalue weighted by molar-refractivity contribution is 5.70.